The molecule has 0 bridgehead atoms. The van der Waals surface area contributed by atoms with Crippen molar-refractivity contribution in [3.05, 3.63) is 0 Å². The molecule has 96 valence electrons. The molecule has 0 radical (unpaired) electrons. The molecule has 1 aliphatic rings. The normalized spacial score (nSPS) is 19.6. The van der Waals surface area contributed by atoms with Crippen molar-refractivity contribution >= 4 is 40.0 Å². The fourth-order valence-corrected chi connectivity index (χ4v) is 1.77. The van der Waals surface area contributed by atoms with Crippen LogP contribution in [0.4, 0.5) is 0 Å². The highest BCUT2D eigenvalue weighted by Gasteiger charge is 2.11. The van der Waals surface area contributed by atoms with Crippen LogP contribution in [-0.4, -0.2) is 45.8 Å². The lowest BCUT2D eigenvalue weighted by atomic mass is 10.4. The van der Waals surface area contributed by atoms with Crippen molar-refractivity contribution < 1.29 is 8.42 Å². The second kappa shape index (κ2) is 7.28. The van der Waals surface area contributed by atoms with E-state index in [2.05, 4.69) is 20.3 Å². The van der Waals surface area contributed by atoms with E-state index in [1.165, 1.54) is 0 Å². The maximum absolute atomic E-state index is 11.1. The molecule has 0 saturated heterocycles. The first kappa shape index (κ1) is 15.9. The molecular weight excluding hydrogens is 343 g/mol. The first-order chi connectivity index (χ1) is 7.03. The minimum atomic E-state index is -3.08. The van der Waals surface area contributed by atoms with Gasteiger partial charge in [-0.15, -0.1) is 24.0 Å². The van der Waals surface area contributed by atoms with Gasteiger partial charge < -0.3 is 10.6 Å². The zero-order valence-corrected chi connectivity index (χ0v) is 12.6. The Bertz CT molecular complexity index is 331. The standard InChI is InChI=1S/C8H18N4O2S.HI/c1-3-15(13,14)11-5-4-9-8-10-6-7(2)12-8;/h7,11H,3-6H2,1-2H3,(H2,9,10,12);1H. The van der Waals surface area contributed by atoms with Crippen LogP contribution in [0.1, 0.15) is 13.8 Å². The Kier molecular flexibility index (Phi) is 7.24. The summed E-state index contributed by atoms with van der Waals surface area (Å²) < 4.78 is 24.6. The predicted molar refractivity (Wildman–Crippen MR) is 75.8 cm³/mol. The molecule has 1 aliphatic heterocycles. The maximum Gasteiger partial charge on any atom is 0.211 e. The van der Waals surface area contributed by atoms with Gasteiger partial charge in [0.15, 0.2) is 5.96 Å². The lowest BCUT2D eigenvalue weighted by molar-refractivity contribution is 0.582. The second-order valence-electron chi connectivity index (χ2n) is 3.46. The van der Waals surface area contributed by atoms with E-state index in [4.69, 9.17) is 0 Å². The van der Waals surface area contributed by atoms with E-state index in [0.29, 0.717) is 19.1 Å². The van der Waals surface area contributed by atoms with E-state index in [1.54, 1.807) is 6.92 Å². The quantitative estimate of drug-likeness (QED) is 0.454. The van der Waals surface area contributed by atoms with E-state index in [1.807, 2.05) is 6.92 Å². The highest BCUT2D eigenvalue weighted by molar-refractivity contribution is 14.0. The molecule has 6 nitrogen and oxygen atoms in total. The van der Waals surface area contributed by atoms with Crippen LogP contribution >= 0.6 is 24.0 Å². The number of halogens is 1. The molecule has 8 heteroatoms. The van der Waals surface area contributed by atoms with Crippen molar-refractivity contribution in [1.29, 1.82) is 0 Å². The largest absolute Gasteiger partial charge is 0.355 e. The van der Waals surface area contributed by atoms with Crippen LogP contribution in [0.3, 0.4) is 0 Å². The monoisotopic (exact) mass is 362 g/mol. The smallest absolute Gasteiger partial charge is 0.211 e. The van der Waals surface area contributed by atoms with Gasteiger partial charge in [0, 0.05) is 19.1 Å². The molecule has 0 fully saturated rings. The fraction of sp³-hybridized carbons (Fsp3) is 0.875. The zero-order valence-electron chi connectivity index (χ0n) is 9.49. The summed E-state index contributed by atoms with van der Waals surface area (Å²) in [5.41, 5.74) is 0. The predicted octanol–water partition coefficient (Wildman–Crippen LogP) is -0.519. The third-order valence-electron chi connectivity index (χ3n) is 2.03. The van der Waals surface area contributed by atoms with Crippen molar-refractivity contribution in [2.45, 2.75) is 19.9 Å². The summed E-state index contributed by atoms with van der Waals surface area (Å²) in [6.45, 7) is 5.34. The van der Waals surface area contributed by atoms with Gasteiger partial charge in [0.2, 0.25) is 10.0 Å². The number of hydrogen-bond acceptors (Lipinski definition) is 5. The minimum Gasteiger partial charge on any atom is -0.355 e. The average molecular weight is 362 g/mol. The van der Waals surface area contributed by atoms with Gasteiger partial charge in [-0.3, -0.25) is 4.99 Å². The van der Waals surface area contributed by atoms with Gasteiger partial charge in [-0.2, -0.15) is 0 Å². The average Bonchev–Trinajstić information content (AvgIpc) is 2.59. The lowest BCUT2D eigenvalue weighted by Crippen LogP contribution is -2.41. The summed E-state index contributed by atoms with van der Waals surface area (Å²) in [7, 11) is -3.08. The van der Waals surface area contributed by atoms with Crippen molar-refractivity contribution in [1.82, 2.24) is 15.4 Å². The molecule has 1 heterocycles. The number of nitrogens with one attached hydrogen (secondary N) is 3. The van der Waals surface area contributed by atoms with E-state index in [0.717, 1.165) is 12.5 Å². The Morgan fingerprint density at radius 2 is 2.19 bits per heavy atom. The first-order valence-corrected chi connectivity index (χ1v) is 6.71. The Labute approximate surface area is 114 Å². The summed E-state index contributed by atoms with van der Waals surface area (Å²) in [6, 6.07) is 0.361. The number of nitrogens with zero attached hydrogens (tertiary/aromatic N) is 1. The summed E-state index contributed by atoms with van der Waals surface area (Å²) in [6.07, 6.45) is 0. The summed E-state index contributed by atoms with van der Waals surface area (Å²) in [5, 5.41) is 6.15. The van der Waals surface area contributed by atoms with Crippen LogP contribution in [0.15, 0.2) is 4.99 Å². The highest BCUT2D eigenvalue weighted by Crippen LogP contribution is 1.91. The number of guanidine groups is 1. The molecule has 16 heavy (non-hydrogen) atoms. The SMILES string of the molecule is CCS(=O)(=O)NCCNC1=NCC(C)N1.I. The fourth-order valence-electron chi connectivity index (χ4n) is 1.15. The molecule has 0 aliphatic carbocycles. The van der Waals surface area contributed by atoms with Crippen molar-refractivity contribution in [2.75, 3.05) is 25.4 Å². The molecule has 3 N–H and O–H groups in total. The van der Waals surface area contributed by atoms with Gasteiger partial charge >= 0.3 is 0 Å². The van der Waals surface area contributed by atoms with Crippen LogP contribution in [0.25, 0.3) is 0 Å². The van der Waals surface area contributed by atoms with Crippen LogP contribution in [-0.2, 0) is 10.0 Å². The lowest BCUT2D eigenvalue weighted by Gasteiger charge is -2.09. The van der Waals surface area contributed by atoms with E-state index in [9.17, 15) is 8.42 Å². The van der Waals surface area contributed by atoms with Gasteiger partial charge in [-0.05, 0) is 13.8 Å². The third kappa shape index (κ3) is 5.85. The third-order valence-corrected chi connectivity index (χ3v) is 3.43. The minimum absolute atomic E-state index is 0. The van der Waals surface area contributed by atoms with Gasteiger partial charge in [-0.25, -0.2) is 13.1 Å². The first-order valence-electron chi connectivity index (χ1n) is 5.05. The Hall–Kier alpha value is -0.0900. The molecule has 0 aromatic heterocycles. The molecule has 1 atom stereocenters. The van der Waals surface area contributed by atoms with Gasteiger partial charge in [0.25, 0.3) is 0 Å². The van der Waals surface area contributed by atoms with Crippen LogP contribution in [0.5, 0.6) is 0 Å². The summed E-state index contributed by atoms with van der Waals surface area (Å²) in [5.74, 6) is 0.863. The van der Waals surface area contributed by atoms with Crippen LogP contribution in [0.2, 0.25) is 0 Å². The molecule has 0 saturated carbocycles. The van der Waals surface area contributed by atoms with Crippen molar-refractivity contribution in [3.8, 4) is 0 Å². The summed E-state index contributed by atoms with van der Waals surface area (Å²) >= 11 is 0. The Morgan fingerprint density at radius 3 is 2.69 bits per heavy atom. The molecule has 0 spiro atoms. The Morgan fingerprint density at radius 1 is 1.50 bits per heavy atom. The Balaban J connectivity index is 0.00000225. The van der Waals surface area contributed by atoms with Crippen molar-refractivity contribution in [2.24, 2.45) is 4.99 Å². The number of aliphatic imine (C=N–C) groups is 1. The molecule has 1 rings (SSSR count). The number of hydrogen-bond donors (Lipinski definition) is 3. The van der Waals surface area contributed by atoms with E-state index >= 15 is 0 Å². The van der Waals surface area contributed by atoms with Crippen molar-refractivity contribution in [3.63, 3.8) is 0 Å². The molecule has 1 unspecified atom stereocenters. The molecule has 0 amide bonds. The maximum atomic E-state index is 11.1. The molecule has 0 aromatic rings. The highest BCUT2D eigenvalue weighted by atomic mass is 127. The van der Waals surface area contributed by atoms with E-state index < -0.39 is 10.0 Å². The van der Waals surface area contributed by atoms with Gasteiger partial charge in [-0.1, -0.05) is 0 Å². The summed E-state index contributed by atoms with van der Waals surface area (Å²) in [4.78, 5) is 4.19. The van der Waals surface area contributed by atoms with Crippen LogP contribution < -0.4 is 15.4 Å². The topological polar surface area (TPSA) is 82.6 Å². The number of sulfonamides is 1. The second-order valence-corrected chi connectivity index (χ2v) is 5.55. The van der Waals surface area contributed by atoms with Crippen LogP contribution in [0, 0.1) is 0 Å². The van der Waals surface area contributed by atoms with E-state index in [-0.39, 0.29) is 29.7 Å². The molecule has 0 aromatic carbocycles. The van der Waals surface area contributed by atoms with Gasteiger partial charge in [0.05, 0.1) is 12.3 Å². The molecular formula is C8H19IN4O2S. The zero-order chi connectivity index (χ0) is 11.3. The number of rotatable bonds is 5. The van der Waals surface area contributed by atoms with Gasteiger partial charge in [0.1, 0.15) is 0 Å².